The molecule has 2 heterocycles. The molecule has 150 valence electrons. The minimum Gasteiger partial charge on any atom is -0.378 e. The van der Waals surface area contributed by atoms with Crippen LogP contribution in [0.1, 0.15) is 23.6 Å². The van der Waals surface area contributed by atoms with Crippen LogP contribution in [0.5, 0.6) is 0 Å². The normalized spacial score (nSPS) is 14.8. The number of pyridine rings is 1. The molecule has 1 aliphatic heterocycles. The average Bonchev–Trinajstić information content (AvgIpc) is 2.73. The monoisotopic (exact) mass is 381 g/mol. The summed E-state index contributed by atoms with van der Waals surface area (Å²) in [6, 6.07) is 12.6. The third kappa shape index (κ3) is 5.23. The van der Waals surface area contributed by atoms with Gasteiger partial charge in [0.05, 0.1) is 19.8 Å². The van der Waals surface area contributed by atoms with E-state index in [4.69, 9.17) is 9.73 Å². The van der Waals surface area contributed by atoms with Gasteiger partial charge in [0, 0.05) is 45.0 Å². The van der Waals surface area contributed by atoms with Crippen LogP contribution < -0.4 is 10.2 Å². The van der Waals surface area contributed by atoms with Gasteiger partial charge in [-0.2, -0.15) is 0 Å². The molecule has 3 rings (SSSR count). The van der Waals surface area contributed by atoms with E-state index in [1.165, 1.54) is 11.1 Å². The van der Waals surface area contributed by atoms with Crippen molar-refractivity contribution in [2.24, 2.45) is 4.99 Å². The van der Waals surface area contributed by atoms with E-state index in [0.717, 1.165) is 56.7 Å². The van der Waals surface area contributed by atoms with E-state index >= 15 is 0 Å². The maximum absolute atomic E-state index is 5.48. The van der Waals surface area contributed by atoms with Gasteiger partial charge < -0.3 is 19.9 Å². The minimum atomic E-state index is 0.598. The molecule has 1 aliphatic rings. The molecule has 6 heteroatoms. The SMILES string of the molecule is CCNC(=NCc1cccnc1N1CCOCC1)N(C)Cc1ccccc1C. The number of ether oxygens (including phenoxy) is 1. The first-order valence-electron chi connectivity index (χ1n) is 9.99. The number of aromatic nitrogens is 1. The highest BCUT2D eigenvalue weighted by Crippen LogP contribution is 2.19. The molecule has 0 radical (unpaired) electrons. The summed E-state index contributed by atoms with van der Waals surface area (Å²) in [5.41, 5.74) is 3.75. The van der Waals surface area contributed by atoms with E-state index in [1.807, 2.05) is 12.3 Å². The fourth-order valence-corrected chi connectivity index (χ4v) is 3.36. The molecule has 6 nitrogen and oxygen atoms in total. The zero-order valence-electron chi connectivity index (χ0n) is 17.2. The average molecular weight is 382 g/mol. The van der Waals surface area contributed by atoms with Crippen LogP contribution >= 0.6 is 0 Å². The van der Waals surface area contributed by atoms with E-state index in [-0.39, 0.29) is 0 Å². The Morgan fingerprint density at radius 2 is 1.93 bits per heavy atom. The molecule has 0 amide bonds. The van der Waals surface area contributed by atoms with E-state index in [0.29, 0.717) is 6.54 Å². The summed E-state index contributed by atoms with van der Waals surface area (Å²) in [4.78, 5) is 14.0. The number of nitrogens with one attached hydrogen (secondary N) is 1. The van der Waals surface area contributed by atoms with Crippen molar-refractivity contribution >= 4 is 11.8 Å². The van der Waals surface area contributed by atoms with Crippen molar-refractivity contribution in [3.8, 4) is 0 Å². The van der Waals surface area contributed by atoms with E-state index < -0.39 is 0 Å². The van der Waals surface area contributed by atoms with Crippen LogP contribution in [0.15, 0.2) is 47.6 Å². The molecule has 0 aliphatic carbocycles. The number of nitrogens with zero attached hydrogens (tertiary/aromatic N) is 4. The Labute approximate surface area is 168 Å². The lowest BCUT2D eigenvalue weighted by Gasteiger charge is -2.29. The Kier molecular flexibility index (Phi) is 7.25. The second kappa shape index (κ2) is 10.1. The van der Waals surface area contributed by atoms with Crippen molar-refractivity contribution in [2.75, 3.05) is 44.8 Å². The van der Waals surface area contributed by atoms with Gasteiger partial charge in [0.15, 0.2) is 5.96 Å². The molecule has 1 saturated heterocycles. The van der Waals surface area contributed by atoms with Gasteiger partial charge in [-0.05, 0) is 31.0 Å². The van der Waals surface area contributed by atoms with Crippen molar-refractivity contribution in [2.45, 2.75) is 26.9 Å². The lowest BCUT2D eigenvalue weighted by molar-refractivity contribution is 0.122. The molecule has 0 spiro atoms. The van der Waals surface area contributed by atoms with Crippen LogP contribution in [0.25, 0.3) is 0 Å². The van der Waals surface area contributed by atoms with Gasteiger partial charge >= 0.3 is 0 Å². The summed E-state index contributed by atoms with van der Waals surface area (Å²) >= 11 is 0. The number of hydrogen-bond acceptors (Lipinski definition) is 4. The van der Waals surface area contributed by atoms with Gasteiger partial charge in [-0.25, -0.2) is 9.98 Å². The Morgan fingerprint density at radius 3 is 2.68 bits per heavy atom. The number of rotatable bonds is 6. The first-order chi connectivity index (χ1) is 13.7. The predicted octanol–water partition coefficient (Wildman–Crippen LogP) is 2.82. The first kappa shape index (κ1) is 20.1. The standard InChI is InChI=1S/C22H31N5O/c1-4-23-22(26(3)17-20-9-6-5-8-18(20)2)25-16-19-10-7-11-24-21(19)27-12-14-28-15-13-27/h5-11H,4,12-17H2,1-3H3,(H,23,25). The number of guanidine groups is 1. The Morgan fingerprint density at radius 1 is 1.18 bits per heavy atom. The smallest absolute Gasteiger partial charge is 0.194 e. The highest BCUT2D eigenvalue weighted by Gasteiger charge is 2.16. The van der Waals surface area contributed by atoms with Crippen LogP contribution in [-0.4, -0.2) is 55.7 Å². The largest absolute Gasteiger partial charge is 0.378 e. The second-order valence-corrected chi connectivity index (χ2v) is 7.04. The van der Waals surface area contributed by atoms with Crippen LogP contribution in [0.4, 0.5) is 5.82 Å². The van der Waals surface area contributed by atoms with Crippen molar-refractivity contribution in [3.63, 3.8) is 0 Å². The van der Waals surface area contributed by atoms with Crippen LogP contribution in [0.3, 0.4) is 0 Å². The van der Waals surface area contributed by atoms with Gasteiger partial charge in [-0.3, -0.25) is 0 Å². The van der Waals surface area contributed by atoms with Gasteiger partial charge in [0.1, 0.15) is 5.82 Å². The molecule has 0 atom stereocenters. The highest BCUT2D eigenvalue weighted by atomic mass is 16.5. The van der Waals surface area contributed by atoms with Crippen LogP contribution in [-0.2, 0) is 17.8 Å². The van der Waals surface area contributed by atoms with Crippen LogP contribution in [0.2, 0.25) is 0 Å². The summed E-state index contributed by atoms with van der Waals surface area (Å²) in [5.74, 6) is 1.93. The van der Waals surface area contributed by atoms with Gasteiger partial charge in [0.2, 0.25) is 0 Å². The number of hydrogen-bond donors (Lipinski definition) is 1. The summed E-state index contributed by atoms with van der Waals surface area (Å²) in [6.07, 6.45) is 1.85. The molecular weight excluding hydrogens is 350 g/mol. The molecule has 1 aromatic carbocycles. The number of aliphatic imine (C=N–C) groups is 1. The molecule has 2 aromatic rings. The number of benzene rings is 1. The maximum atomic E-state index is 5.48. The van der Waals surface area contributed by atoms with E-state index in [9.17, 15) is 0 Å². The molecule has 0 bridgehead atoms. The lowest BCUT2D eigenvalue weighted by Crippen LogP contribution is -2.39. The van der Waals surface area contributed by atoms with Crippen molar-refractivity contribution in [1.82, 2.24) is 15.2 Å². The Bertz CT molecular complexity index is 786. The third-order valence-corrected chi connectivity index (χ3v) is 4.94. The zero-order chi connectivity index (χ0) is 19.8. The fraction of sp³-hybridized carbons (Fsp3) is 0.455. The van der Waals surface area contributed by atoms with E-state index in [2.05, 4.69) is 71.3 Å². The minimum absolute atomic E-state index is 0.598. The Balaban J connectivity index is 1.75. The van der Waals surface area contributed by atoms with Gasteiger partial charge in [-0.15, -0.1) is 0 Å². The predicted molar refractivity (Wildman–Crippen MR) is 115 cm³/mol. The first-order valence-corrected chi connectivity index (χ1v) is 9.99. The topological polar surface area (TPSA) is 53.0 Å². The van der Waals surface area contributed by atoms with Gasteiger partial charge in [0.25, 0.3) is 0 Å². The van der Waals surface area contributed by atoms with Crippen molar-refractivity contribution < 1.29 is 4.74 Å². The van der Waals surface area contributed by atoms with Crippen molar-refractivity contribution in [3.05, 3.63) is 59.3 Å². The maximum Gasteiger partial charge on any atom is 0.194 e. The fourth-order valence-electron chi connectivity index (χ4n) is 3.36. The molecule has 0 unspecified atom stereocenters. The summed E-state index contributed by atoms with van der Waals surface area (Å²) in [5, 5.41) is 3.41. The summed E-state index contributed by atoms with van der Waals surface area (Å²) in [6.45, 7) is 9.76. The molecule has 1 fully saturated rings. The third-order valence-electron chi connectivity index (χ3n) is 4.94. The molecular formula is C22H31N5O. The second-order valence-electron chi connectivity index (χ2n) is 7.04. The molecule has 28 heavy (non-hydrogen) atoms. The van der Waals surface area contributed by atoms with Crippen LogP contribution in [0, 0.1) is 6.92 Å². The lowest BCUT2D eigenvalue weighted by atomic mass is 10.1. The molecule has 0 saturated carbocycles. The number of aryl methyl sites for hydroxylation is 1. The quantitative estimate of drug-likeness (QED) is 0.616. The Hall–Kier alpha value is -2.60. The number of morpholine rings is 1. The highest BCUT2D eigenvalue weighted by molar-refractivity contribution is 5.79. The number of anilines is 1. The molecule has 1 aromatic heterocycles. The summed E-state index contributed by atoms with van der Waals surface area (Å²) < 4.78 is 5.48. The van der Waals surface area contributed by atoms with Gasteiger partial charge in [-0.1, -0.05) is 30.3 Å². The zero-order valence-corrected chi connectivity index (χ0v) is 17.2. The summed E-state index contributed by atoms with van der Waals surface area (Å²) in [7, 11) is 2.08. The van der Waals surface area contributed by atoms with E-state index in [1.54, 1.807) is 0 Å². The molecule has 1 N–H and O–H groups in total. The van der Waals surface area contributed by atoms with Crippen molar-refractivity contribution in [1.29, 1.82) is 0 Å².